The molecule has 12 heteroatoms. The van der Waals surface area contributed by atoms with Crippen molar-refractivity contribution in [1.82, 2.24) is 10.3 Å². The molecule has 0 aliphatic rings. The summed E-state index contributed by atoms with van der Waals surface area (Å²) in [5.41, 5.74) is -0.513. The number of aromatic carboxylic acids is 1. The van der Waals surface area contributed by atoms with Crippen molar-refractivity contribution < 1.29 is 37.0 Å². The summed E-state index contributed by atoms with van der Waals surface area (Å²) in [6.45, 7) is 0. The third-order valence-corrected chi connectivity index (χ3v) is 6.68. The average Bonchev–Trinajstić information content (AvgIpc) is 2.93. The van der Waals surface area contributed by atoms with E-state index in [0.29, 0.717) is 11.3 Å². The van der Waals surface area contributed by atoms with Gasteiger partial charge in [0.25, 0.3) is 0 Å². The number of amides is 2. The van der Waals surface area contributed by atoms with Gasteiger partial charge >= 0.3 is 24.5 Å². The first kappa shape index (κ1) is 29.8. The van der Waals surface area contributed by atoms with Gasteiger partial charge in [0.1, 0.15) is 11.3 Å². The standard InChI is InChI=1S/C29H22F4IN3O4/c30-26(31)29(32,33)41-21-10-6-9-19(15-21)28(16-18-7-2-1-3-8-18,24-14-13-20(34)17-35-24)37-27(40)36-23-12-5-4-11-22(23)25(38)39/h1-15,17,26H,16H2,(H,38,39)(H2,36,37,40)/t28-/m0/s1. The van der Waals surface area contributed by atoms with E-state index in [2.05, 4.69) is 20.4 Å². The van der Waals surface area contributed by atoms with Crippen molar-refractivity contribution >= 4 is 40.3 Å². The van der Waals surface area contributed by atoms with Crippen LogP contribution in [-0.2, 0) is 12.0 Å². The van der Waals surface area contributed by atoms with E-state index in [-0.39, 0.29) is 23.2 Å². The number of carbonyl (C=O) groups is 2. The average molecular weight is 679 g/mol. The lowest BCUT2D eigenvalue weighted by atomic mass is 9.80. The third kappa shape index (κ3) is 7.12. The molecular weight excluding hydrogens is 657 g/mol. The Balaban J connectivity index is 1.86. The minimum atomic E-state index is -4.76. The number of benzene rings is 3. The highest BCUT2D eigenvalue weighted by molar-refractivity contribution is 14.1. The van der Waals surface area contributed by atoms with Gasteiger partial charge in [0.05, 0.1) is 16.9 Å². The molecular formula is C29H22F4IN3O4. The molecule has 41 heavy (non-hydrogen) atoms. The van der Waals surface area contributed by atoms with Gasteiger partial charge < -0.3 is 20.5 Å². The van der Waals surface area contributed by atoms with Crippen molar-refractivity contribution in [3.05, 3.63) is 123 Å². The first-order chi connectivity index (χ1) is 19.5. The van der Waals surface area contributed by atoms with Gasteiger partial charge in [0.15, 0.2) is 0 Å². The van der Waals surface area contributed by atoms with E-state index in [0.717, 1.165) is 15.7 Å². The fourth-order valence-corrected chi connectivity index (χ4v) is 4.52. The second-order valence-electron chi connectivity index (χ2n) is 8.85. The van der Waals surface area contributed by atoms with Crippen LogP contribution in [0.1, 0.15) is 27.2 Å². The lowest BCUT2D eigenvalue weighted by Crippen LogP contribution is -2.50. The molecule has 7 nitrogen and oxygen atoms in total. The molecule has 0 fully saturated rings. The number of carboxylic acid groups (broad SMARTS) is 1. The van der Waals surface area contributed by atoms with Gasteiger partial charge in [-0.1, -0.05) is 54.6 Å². The van der Waals surface area contributed by atoms with Crippen LogP contribution in [0, 0.1) is 3.57 Å². The highest BCUT2D eigenvalue weighted by Crippen LogP contribution is 2.36. The van der Waals surface area contributed by atoms with E-state index in [9.17, 15) is 32.3 Å². The van der Waals surface area contributed by atoms with Crippen LogP contribution in [0.2, 0.25) is 0 Å². The van der Waals surface area contributed by atoms with Gasteiger partial charge in [-0.15, -0.1) is 0 Å². The zero-order valence-corrected chi connectivity index (χ0v) is 23.2. The van der Waals surface area contributed by atoms with E-state index in [1.165, 1.54) is 30.3 Å². The number of urea groups is 1. The molecule has 0 radical (unpaired) electrons. The van der Waals surface area contributed by atoms with Crippen molar-refractivity contribution in [2.45, 2.75) is 24.5 Å². The van der Waals surface area contributed by atoms with Gasteiger partial charge in [-0.3, -0.25) is 4.98 Å². The van der Waals surface area contributed by atoms with Gasteiger partial charge in [0.2, 0.25) is 0 Å². The van der Waals surface area contributed by atoms with E-state index >= 15 is 0 Å². The number of rotatable bonds is 10. The van der Waals surface area contributed by atoms with Crippen LogP contribution >= 0.6 is 22.6 Å². The maximum atomic E-state index is 13.8. The second-order valence-corrected chi connectivity index (χ2v) is 10.1. The molecule has 4 aromatic rings. The fraction of sp³-hybridized carbons (Fsp3) is 0.138. The van der Waals surface area contributed by atoms with Gasteiger partial charge in [-0.05, 0) is 70.1 Å². The number of anilines is 1. The SMILES string of the molecule is O=C(Nc1ccccc1C(=O)O)N[C@@](Cc1ccccc1)(c1cccc(OC(F)(F)C(F)F)c1)c1ccc(I)cn1. The molecule has 1 aromatic heterocycles. The molecule has 0 saturated heterocycles. The van der Waals surface area contributed by atoms with Crippen LogP contribution in [0.4, 0.5) is 28.0 Å². The van der Waals surface area contributed by atoms with Crippen LogP contribution in [0.3, 0.4) is 0 Å². The molecule has 0 saturated carbocycles. The highest BCUT2D eigenvalue weighted by Gasteiger charge is 2.44. The normalized spacial score (nSPS) is 12.8. The Hall–Kier alpha value is -4.20. The molecule has 4 rings (SSSR count). The predicted octanol–water partition coefficient (Wildman–Crippen LogP) is 6.93. The monoisotopic (exact) mass is 679 g/mol. The zero-order chi connectivity index (χ0) is 29.6. The minimum Gasteiger partial charge on any atom is -0.478 e. The summed E-state index contributed by atoms with van der Waals surface area (Å²) in [6.07, 6.45) is -7.24. The van der Waals surface area contributed by atoms with E-state index in [1.54, 1.807) is 54.7 Å². The van der Waals surface area contributed by atoms with Gasteiger partial charge in [-0.25, -0.2) is 9.59 Å². The van der Waals surface area contributed by atoms with Crippen LogP contribution in [0.15, 0.2) is 97.2 Å². The summed E-state index contributed by atoms with van der Waals surface area (Å²) in [4.78, 5) is 29.7. The molecule has 0 bridgehead atoms. The van der Waals surface area contributed by atoms with Crippen molar-refractivity contribution in [3.8, 4) is 5.75 Å². The number of carboxylic acids is 1. The summed E-state index contributed by atoms with van der Waals surface area (Å²) < 4.78 is 58.6. The Kier molecular flexibility index (Phi) is 9.11. The largest absolute Gasteiger partial charge is 0.478 e. The number of ether oxygens (including phenoxy) is 1. The number of pyridine rings is 1. The first-order valence-corrected chi connectivity index (χ1v) is 13.1. The summed E-state index contributed by atoms with van der Waals surface area (Å²) in [5.74, 6) is -1.82. The van der Waals surface area contributed by atoms with Crippen LogP contribution < -0.4 is 15.4 Å². The topological polar surface area (TPSA) is 101 Å². The number of halogens is 5. The fourth-order valence-electron chi connectivity index (χ4n) is 4.20. The Bertz CT molecular complexity index is 1520. The van der Waals surface area contributed by atoms with Crippen molar-refractivity contribution in [1.29, 1.82) is 0 Å². The maximum Gasteiger partial charge on any atom is 0.461 e. The Morgan fingerprint density at radius 3 is 2.32 bits per heavy atom. The molecule has 3 N–H and O–H groups in total. The number of carbonyl (C=O) groups excluding carboxylic acids is 1. The van der Waals surface area contributed by atoms with Crippen LogP contribution in [0.25, 0.3) is 0 Å². The Morgan fingerprint density at radius 1 is 0.951 bits per heavy atom. The van der Waals surface area contributed by atoms with Crippen molar-refractivity contribution in [2.24, 2.45) is 0 Å². The lowest BCUT2D eigenvalue weighted by Gasteiger charge is -2.36. The lowest BCUT2D eigenvalue weighted by molar-refractivity contribution is -0.253. The zero-order valence-electron chi connectivity index (χ0n) is 21.0. The Morgan fingerprint density at radius 2 is 1.66 bits per heavy atom. The minimum absolute atomic E-state index is 0.00957. The van der Waals surface area contributed by atoms with E-state index < -0.39 is 35.8 Å². The summed E-state index contributed by atoms with van der Waals surface area (Å²) in [5, 5.41) is 14.9. The number of aromatic nitrogens is 1. The summed E-state index contributed by atoms with van der Waals surface area (Å²) >= 11 is 2.05. The van der Waals surface area contributed by atoms with Crippen LogP contribution in [-0.4, -0.2) is 34.6 Å². The predicted molar refractivity (Wildman–Crippen MR) is 151 cm³/mol. The Labute approximate surface area is 245 Å². The molecule has 212 valence electrons. The van der Waals surface area contributed by atoms with Gasteiger partial charge in [-0.2, -0.15) is 17.6 Å². The number of nitrogens with zero attached hydrogens (tertiary/aromatic N) is 1. The quantitative estimate of drug-likeness (QED) is 0.125. The maximum absolute atomic E-state index is 13.8. The molecule has 0 aliphatic heterocycles. The highest BCUT2D eigenvalue weighted by atomic mass is 127. The molecule has 0 aliphatic carbocycles. The molecule has 1 heterocycles. The summed E-state index contributed by atoms with van der Waals surface area (Å²) in [7, 11) is 0. The molecule has 0 unspecified atom stereocenters. The smallest absolute Gasteiger partial charge is 0.461 e. The second kappa shape index (κ2) is 12.5. The number of para-hydroxylation sites is 1. The van der Waals surface area contributed by atoms with Gasteiger partial charge in [0, 0.05) is 16.2 Å². The molecule has 3 aromatic carbocycles. The third-order valence-electron chi connectivity index (χ3n) is 6.04. The first-order valence-electron chi connectivity index (χ1n) is 12.0. The van der Waals surface area contributed by atoms with Crippen molar-refractivity contribution in [3.63, 3.8) is 0 Å². The van der Waals surface area contributed by atoms with Crippen LogP contribution in [0.5, 0.6) is 5.75 Å². The molecule has 2 amide bonds. The number of nitrogens with one attached hydrogen (secondary N) is 2. The summed E-state index contributed by atoms with van der Waals surface area (Å²) in [6, 6.07) is 22.3. The molecule has 1 atom stereocenters. The molecule has 0 spiro atoms. The number of hydrogen-bond donors (Lipinski definition) is 3. The van der Waals surface area contributed by atoms with E-state index in [1.807, 2.05) is 22.6 Å². The number of hydrogen-bond acceptors (Lipinski definition) is 4. The van der Waals surface area contributed by atoms with E-state index in [4.69, 9.17) is 0 Å². The van der Waals surface area contributed by atoms with Crippen molar-refractivity contribution in [2.75, 3.05) is 5.32 Å². The number of alkyl halides is 4.